The van der Waals surface area contributed by atoms with Crippen LogP contribution in [0, 0.1) is 5.41 Å². The van der Waals surface area contributed by atoms with Gasteiger partial charge in [0.05, 0.1) is 5.41 Å². The maximum absolute atomic E-state index is 13.0. The van der Waals surface area contributed by atoms with E-state index >= 15 is 0 Å². The number of hydrogen-bond donors (Lipinski definition) is 1. The van der Waals surface area contributed by atoms with Crippen LogP contribution in [-0.2, 0) is 16.0 Å². The highest BCUT2D eigenvalue weighted by Gasteiger charge is 2.41. The Kier molecular flexibility index (Phi) is 6.89. The predicted octanol–water partition coefficient (Wildman–Crippen LogP) is 4.50. The summed E-state index contributed by atoms with van der Waals surface area (Å²) in [5, 5.41) is 5.13. The van der Waals surface area contributed by atoms with Crippen LogP contribution >= 0.6 is 11.3 Å². The maximum Gasteiger partial charge on any atom is 0.226 e. The van der Waals surface area contributed by atoms with E-state index in [1.165, 1.54) is 16.0 Å². The summed E-state index contributed by atoms with van der Waals surface area (Å²) in [4.78, 5) is 28.5. The molecule has 1 aromatic carbocycles. The number of amides is 2. The van der Waals surface area contributed by atoms with E-state index in [-0.39, 0.29) is 11.8 Å². The summed E-state index contributed by atoms with van der Waals surface area (Å²) in [6, 6.07) is 12.7. The number of nitrogens with zero attached hydrogens (tertiary/aromatic N) is 1. The molecular weight excluding hydrogens is 368 g/mol. The van der Waals surface area contributed by atoms with E-state index in [1.54, 1.807) is 11.3 Å². The SMILES string of the molecule is CCCC(=O)N1CCC(Cc2cccc(-c3cccs3)c2)(C(=O)NCC)CC1. The number of hydrogen-bond acceptors (Lipinski definition) is 3. The van der Waals surface area contributed by atoms with Crippen molar-refractivity contribution in [3.05, 3.63) is 47.3 Å². The van der Waals surface area contributed by atoms with Crippen molar-refractivity contribution in [3.8, 4) is 10.4 Å². The van der Waals surface area contributed by atoms with Crippen molar-refractivity contribution in [2.45, 2.75) is 46.0 Å². The quantitative estimate of drug-likeness (QED) is 0.746. The van der Waals surface area contributed by atoms with Gasteiger partial charge in [-0.3, -0.25) is 9.59 Å². The van der Waals surface area contributed by atoms with Gasteiger partial charge >= 0.3 is 0 Å². The van der Waals surface area contributed by atoms with Gasteiger partial charge in [0, 0.05) is 30.9 Å². The first kappa shape index (κ1) is 20.6. The number of nitrogens with one attached hydrogen (secondary N) is 1. The summed E-state index contributed by atoms with van der Waals surface area (Å²) in [5.41, 5.74) is 1.95. The first-order valence-corrected chi connectivity index (χ1v) is 11.1. The molecular formula is C23H30N2O2S. The first-order chi connectivity index (χ1) is 13.6. The Labute approximate surface area is 172 Å². The molecule has 28 heavy (non-hydrogen) atoms. The van der Waals surface area contributed by atoms with Gasteiger partial charge in [0.1, 0.15) is 0 Å². The summed E-state index contributed by atoms with van der Waals surface area (Å²) in [6.07, 6.45) is 3.62. The van der Waals surface area contributed by atoms with Crippen molar-refractivity contribution in [2.75, 3.05) is 19.6 Å². The molecule has 2 heterocycles. The van der Waals surface area contributed by atoms with Gasteiger partial charge in [0.25, 0.3) is 0 Å². The van der Waals surface area contributed by atoms with Crippen molar-refractivity contribution < 1.29 is 9.59 Å². The molecule has 3 rings (SSSR count). The maximum atomic E-state index is 13.0. The summed E-state index contributed by atoms with van der Waals surface area (Å²) in [7, 11) is 0. The number of likely N-dealkylation sites (tertiary alicyclic amines) is 1. The summed E-state index contributed by atoms with van der Waals surface area (Å²) >= 11 is 1.73. The molecule has 2 aromatic rings. The monoisotopic (exact) mass is 398 g/mol. The minimum absolute atomic E-state index is 0.124. The van der Waals surface area contributed by atoms with Crippen LogP contribution in [-0.4, -0.2) is 36.3 Å². The van der Waals surface area contributed by atoms with Gasteiger partial charge in [-0.25, -0.2) is 0 Å². The molecule has 150 valence electrons. The van der Waals surface area contributed by atoms with Crippen LogP contribution in [0.25, 0.3) is 10.4 Å². The first-order valence-electron chi connectivity index (χ1n) is 10.3. The van der Waals surface area contributed by atoms with E-state index in [0.29, 0.717) is 32.5 Å². The Morgan fingerprint density at radius 2 is 1.93 bits per heavy atom. The van der Waals surface area contributed by atoms with E-state index < -0.39 is 5.41 Å². The lowest BCUT2D eigenvalue weighted by Gasteiger charge is -2.41. The van der Waals surface area contributed by atoms with E-state index in [0.717, 1.165) is 19.3 Å². The van der Waals surface area contributed by atoms with Crippen molar-refractivity contribution >= 4 is 23.2 Å². The molecule has 1 aromatic heterocycles. The molecule has 0 unspecified atom stereocenters. The third kappa shape index (κ3) is 4.64. The second kappa shape index (κ2) is 9.37. The van der Waals surface area contributed by atoms with Crippen LogP contribution in [0.5, 0.6) is 0 Å². The Bertz CT molecular complexity index is 793. The smallest absolute Gasteiger partial charge is 0.226 e. The van der Waals surface area contributed by atoms with Gasteiger partial charge in [-0.2, -0.15) is 0 Å². The molecule has 0 radical (unpaired) electrons. The van der Waals surface area contributed by atoms with Crippen LogP contribution in [0.1, 0.15) is 45.1 Å². The highest BCUT2D eigenvalue weighted by molar-refractivity contribution is 7.13. The third-order valence-electron chi connectivity index (χ3n) is 5.63. The van der Waals surface area contributed by atoms with Gasteiger partial charge in [0.2, 0.25) is 11.8 Å². The Morgan fingerprint density at radius 1 is 1.14 bits per heavy atom. The predicted molar refractivity (Wildman–Crippen MR) is 115 cm³/mol. The molecule has 0 aliphatic carbocycles. The van der Waals surface area contributed by atoms with Crippen molar-refractivity contribution in [1.29, 1.82) is 0 Å². The zero-order valence-corrected chi connectivity index (χ0v) is 17.7. The van der Waals surface area contributed by atoms with Gasteiger partial charge in [-0.15, -0.1) is 11.3 Å². The lowest BCUT2D eigenvalue weighted by atomic mass is 9.72. The molecule has 1 fully saturated rings. The Hall–Kier alpha value is -2.14. The highest BCUT2D eigenvalue weighted by Crippen LogP contribution is 2.37. The van der Waals surface area contributed by atoms with Gasteiger partial charge in [-0.05, 0) is 55.2 Å². The highest BCUT2D eigenvalue weighted by atomic mass is 32.1. The summed E-state index contributed by atoms with van der Waals surface area (Å²) in [6.45, 7) is 5.96. The number of carbonyl (C=O) groups is 2. The van der Waals surface area contributed by atoms with Gasteiger partial charge in [0.15, 0.2) is 0 Å². The molecule has 0 spiro atoms. The Balaban J connectivity index is 1.79. The van der Waals surface area contributed by atoms with E-state index in [1.807, 2.05) is 18.7 Å². The average Bonchev–Trinajstić information content (AvgIpc) is 3.24. The molecule has 1 aliphatic heterocycles. The minimum Gasteiger partial charge on any atom is -0.356 e. The molecule has 1 saturated heterocycles. The number of carbonyl (C=O) groups excluding carboxylic acids is 2. The lowest BCUT2D eigenvalue weighted by molar-refractivity contribution is -0.140. The second-order valence-electron chi connectivity index (χ2n) is 7.63. The number of rotatable bonds is 7. The fourth-order valence-corrected chi connectivity index (χ4v) is 4.78. The molecule has 0 bridgehead atoms. The lowest BCUT2D eigenvalue weighted by Crippen LogP contribution is -2.51. The third-order valence-corrected chi connectivity index (χ3v) is 6.55. The summed E-state index contributed by atoms with van der Waals surface area (Å²) < 4.78 is 0. The largest absolute Gasteiger partial charge is 0.356 e. The summed E-state index contributed by atoms with van der Waals surface area (Å²) in [5.74, 6) is 0.339. The standard InChI is InChI=1S/C23H30N2O2S/c1-3-7-21(26)25-13-11-23(12-14-25,22(27)24-4-2)17-18-8-5-9-19(16-18)20-10-6-15-28-20/h5-6,8-10,15-16H,3-4,7,11-14,17H2,1-2H3,(H,24,27). The van der Waals surface area contributed by atoms with Crippen LogP contribution in [0.2, 0.25) is 0 Å². The van der Waals surface area contributed by atoms with E-state index in [9.17, 15) is 9.59 Å². The van der Waals surface area contributed by atoms with Crippen molar-refractivity contribution in [1.82, 2.24) is 10.2 Å². The molecule has 2 amide bonds. The van der Waals surface area contributed by atoms with Crippen LogP contribution in [0.15, 0.2) is 41.8 Å². The normalized spacial score (nSPS) is 16.0. The number of benzene rings is 1. The van der Waals surface area contributed by atoms with E-state index in [2.05, 4.69) is 47.1 Å². The fourth-order valence-electron chi connectivity index (χ4n) is 4.06. The molecule has 1 aliphatic rings. The van der Waals surface area contributed by atoms with Crippen LogP contribution in [0.3, 0.4) is 0 Å². The zero-order chi connectivity index (χ0) is 20.0. The fraction of sp³-hybridized carbons (Fsp3) is 0.478. The molecule has 1 N–H and O–H groups in total. The zero-order valence-electron chi connectivity index (χ0n) is 16.9. The second-order valence-corrected chi connectivity index (χ2v) is 8.57. The topological polar surface area (TPSA) is 49.4 Å². The average molecular weight is 399 g/mol. The minimum atomic E-state index is -0.437. The molecule has 4 nitrogen and oxygen atoms in total. The molecule has 5 heteroatoms. The van der Waals surface area contributed by atoms with Gasteiger partial charge in [-0.1, -0.05) is 37.3 Å². The molecule has 0 saturated carbocycles. The van der Waals surface area contributed by atoms with Crippen LogP contribution < -0.4 is 5.32 Å². The van der Waals surface area contributed by atoms with Crippen LogP contribution in [0.4, 0.5) is 0 Å². The molecule has 0 atom stereocenters. The van der Waals surface area contributed by atoms with Gasteiger partial charge < -0.3 is 10.2 Å². The Morgan fingerprint density at radius 3 is 2.57 bits per heavy atom. The van der Waals surface area contributed by atoms with Crippen molar-refractivity contribution in [2.24, 2.45) is 5.41 Å². The number of piperidine rings is 1. The van der Waals surface area contributed by atoms with E-state index in [4.69, 9.17) is 0 Å². The number of thiophene rings is 1. The van der Waals surface area contributed by atoms with Crippen molar-refractivity contribution in [3.63, 3.8) is 0 Å².